The van der Waals surface area contributed by atoms with Crippen molar-refractivity contribution in [3.8, 4) is 11.5 Å². The van der Waals surface area contributed by atoms with Gasteiger partial charge in [0.2, 0.25) is 0 Å². The molecule has 4 atom stereocenters. The zero-order valence-electron chi connectivity index (χ0n) is 13.5. The van der Waals surface area contributed by atoms with Crippen LogP contribution in [0.15, 0.2) is 24.3 Å². The first-order valence-electron chi connectivity index (χ1n) is 8.55. The molecule has 2 aliphatic heterocycles. The predicted molar refractivity (Wildman–Crippen MR) is 86.1 cm³/mol. The summed E-state index contributed by atoms with van der Waals surface area (Å²) in [5.41, 5.74) is 2.42. The van der Waals surface area contributed by atoms with E-state index in [4.69, 9.17) is 9.47 Å². The largest absolute Gasteiger partial charge is 0.490 e. The maximum Gasteiger partial charge on any atom is 0.196 e. The lowest BCUT2D eigenvalue weighted by molar-refractivity contribution is -0.127. The van der Waals surface area contributed by atoms with Gasteiger partial charge in [0.1, 0.15) is 0 Å². The van der Waals surface area contributed by atoms with Crippen LogP contribution in [-0.4, -0.2) is 43.0 Å². The molecule has 2 heterocycles. The fourth-order valence-electron chi connectivity index (χ4n) is 5.34. The zero-order chi connectivity index (χ0) is 15.8. The molecular weight excluding hydrogens is 290 g/mol. The van der Waals surface area contributed by atoms with Gasteiger partial charge in [0, 0.05) is 17.5 Å². The summed E-state index contributed by atoms with van der Waals surface area (Å²) in [6.45, 7) is 3.60. The molecule has 4 nitrogen and oxygen atoms in total. The summed E-state index contributed by atoms with van der Waals surface area (Å²) in [7, 11) is 2.20. The normalized spacial score (nSPS) is 36.6. The Kier molecular flexibility index (Phi) is 2.59. The van der Waals surface area contributed by atoms with Crippen molar-refractivity contribution < 1.29 is 14.3 Å². The van der Waals surface area contributed by atoms with Crippen LogP contribution >= 0.6 is 0 Å². The second-order valence-electron chi connectivity index (χ2n) is 7.19. The molecule has 5 rings (SSSR count). The van der Waals surface area contributed by atoms with Gasteiger partial charge in [0.15, 0.2) is 23.4 Å². The molecule has 4 heteroatoms. The average molecular weight is 311 g/mol. The Balaban J connectivity index is 1.79. The Morgan fingerprint density at radius 3 is 3.13 bits per heavy atom. The number of ketones is 1. The molecule has 0 N–H and O–H groups in total. The first-order chi connectivity index (χ1) is 11.2. The van der Waals surface area contributed by atoms with E-state index < -0.39 is 0 Å². The summed E-state index contributed by atoms with van der Waals surface area (Å²) in [4.78, 5) is 15.1. The molecule has 1 aromatic carbocycles. The van der Waals surface area contributed by atoms with Crippen LogP contribution in [0.4, 0.5) is 0 Å². The van der Waals surface area contributed by atoms with E-state index in [-0.39, 0.29) is 17.3 Å². The number of likely N-dealkylation sites (tertiary alicyclic amines) is 1. The Morgan fingerprint density at radius 2 is 2.30 bits per heavy atom. The highest BCUT2D eigenvalue weighted by molar-refractivity contribution is 5.98. The van der Waals surface area contributed by atoms with Gasteiger partial charge in [-0.1, -0.05) is 12.1 Å². The fraction of sp³-hybridized carbons (Fsp3) is 0.526. The first-order valence-corrected chi connectivity index (χ1v) is 8.55. The van der Waals surface area contributed by atoms with Crippen LogP contribution in [0.2, 0.25) is 0 Å². The summed E-state index contributed by atoms with van der Waals surface area (Å²) >= 11 is 0. The van der Waals surface area contributed by atoms with Crippen molar-refractivity contribution in [1.29, 1.82) is 0 Å². The van der Waals surface area contributed by atoms with Gasteiger partial charge in [0.05, 0.1) is 12.0 Å². The van der Waals surface area contributed by atoms with Gasteiger partial charge in [0.25, 0.3) is 0 Å². The topological polar surface area (TPSA) is 38.8 Å². The van der Waals surface area contributed by atoms with E-state index >= 15 is 0 Å². The summed E-state index contributed by atoms with van der Waals surface area (Å²) in [5, 5.41) is 0. The number of carbonyl (C=O) groups is 1. The van der Waals surface area contributed by atoms with Gasteiger partial charge in [-0.25, -0.2) is 0 Å². The highest BCUT2D eigenvalue weighted by Crippen LogP contribution is 2.61. The zero-order valence-corrected chi connectivity index (χ0v) is 13.5. The Bertz CT molecular complexity index is 740. The lowest BCUT2D eigenvalue weighted by atomic mass is 9.53. The molecule has 4 aliphatic rings. The van der Waals surface area contributed by atoms with Crippen LogP contribution in [0.1, 0.15) is 24.5 Å². The molecule has 2 aliphatic carbocycles. The predicted octanol–water partition coefficient (Wildman–Crippen LogP) is 2.10. The first kappa shape index (κ1) is 13.6. The molecule has 0 aromatic heterocycles. The van der Waals surface area contributed by atoms with E-state index in [9.17, 15) is 4.79 Å². The third kappa shape index (κ3) is 1.48. The second kappa shape index (κ2) is 4.38. The smallest absolute Gasteiger partial charge is 0.196 e. The maximum absolute atomic E-state index is 12.6. The molecule has 0 saturated carbocycles. The Labute approximate surface area is 136 Å². The van der Waals surface area contributed by atoms with E-state index in [1.165, 1.54) is 11.1 Å². The molecule has 1 saturated heterocycles. The van der Waals surface area contributed by atoms with Gasteiger partial charge >= 0.3 is 0 Å². The molecule has 0 amide bonds. The van der Waals surface area contributed by atoms with Gasteiger partial charge < -0.3 is 14.4 Å². The molecule has 0 radical (unpaired) electrons. The van der Waals surface area contributed by atoms with E-state index in [1.807, 2.05) is 13.0 Å². The van der Waals surface area contributed by atoms with E-state index in [1.54, 1.807) is 6.08 Å². The van der Waals surface area contributed by atoms with Gasteiger partial charge in [-0.15, -0.1) is 0 Å². The number of ether oxygens (including phenoxy) is 2. The lowest BCUT2D eigenvalue weighted by Gasteiger charge is -2.55. The van der Waals surface area contributed by atoms with Crippen LogP contribution in [0.3, 0.4) is 0 Å². The Morgan fingerprint density at radius 1 is 1.43 bits per heavy atom. The van der Waals surface area contributed by atoms with Gasteiger partial charge in [-0.05, 0) is 51.1 Å². The molecule has 1 spiro atoms. The van der Waals surface area contributed by atoms with Crippen molar-refractivity contribution in [3.63, 3.8) is 0 Å². The summed E-state index contributed by atoms with van der Waals surface area (Å²) in [6.07, 6.45) is 5.52. The third-order valence-corrected chi connectivity index (χ3v) is 6.29. The molecule has 1 aromatic rings. The number of piperidine rings is 1. The Hall–Kier alpha value is -1.81. The average Bonchev–Trinajstić information content (AvgIpc) is 2.90. The van der Waals surface area contributed by atoms with Crippen LogP contribution < -0.4 is 9.47 Å². The fourth-order valence-corrected chi connectivity index (χ4v) is 5.34. The summed E-state index contributed by atoms with van der Waals surface area (Å²) in [6, 6.07) is 4.65. The minimum atomic E-state index is -0.371. The number of nitrogens with zero attached hydrogens (tertiary/aromatic N) is 1. The number of benzene rings is 1. The van der Waals surface area contributed by atoms with Crippen molar-refractivity contribution in [2.24, 2.45) is 5.92 Å². The molecule has 0 unspecified atom stereocenters. The van der Waals surface area contributed by atoms with Crippen LogP contribution in [0.5, 0.6) is 11.5 Å². The van der Waals surface area contributed by atoms with E-state index in [2.05, 4.69) is 24.1 Å². The van der Waals surface area contributed by atoms with E-state index in [0.29, 0.717) is 18.6 Å². The van der Waals surface area contributed by atoms with Crippen LogP contribution in [0, 0.1) is 5.92 Å². The van der Waals surface area contributed by atoms with Crippen molar-refractivity contribution in [2.45, 2.75) is 37.3 Å². The van der Waals surface area contributed by atoms with Crippen molar-refractivity contribution in [2.75, 3.05) is 20.2 Å². The van der Waals surface area contributed by atoms with Crippen molar-refractivity contribution in [1.82, 2.24) is 4.90 Å². The molecule has 1 fully saturated rings. The second-order valence-corrected chi connectivity index (χ2v) is 7.19. The number of rotatable bonds is 2. The molecular formula is C19H21NO3. The molecule has 120 valence electrons. The summed E-state index contributed by atoms with van der Waals surface area (Å²) in [5.74, 6) is 2.09. The van der Waals surface area contributed by atoms with Crippen molar-refractivity contribution >= 4 is 5.78 Å². The van der Waals surface area contributed by atoms with Crippen LogP contribution in [-0.2, 0) is 16.6 Å². The van der Waals surface area contributed by atoms with E-state index in [0.717, 1.165) is 30.9 Å². The minimum absolute atomic E-state index is 0.107. The van der Waals surface area contributed by atoms with Gasteiger partial charge in [-0.2, -0.15) is 0 Å². The number of hydrogen-bond acceptors (Lipinski definition) is 4. The van der Waals surface area contributed by atoms with Gasteiger partial charge in [-0.3, -0.25) is 4.79 Å². The standard InChI is InChI=1S/C19H21NO3/c1-3-22-15-7-4-11-10-13-12-5-6-14(21)18-19(12,8-9-20(13)2)16(11)17(15)23-18/h4-7,12-13,18H,3,8-10H2,1-2H3/t12-,13+,18-,19-/m0/s1. The number of hydrogen-bond donors (Lipinski definition) is 0. The third-order valence-electron chi connectivity index (χ3n) is 6.29. The molecule has 2 bridgehead atoms. The monoisotopic (exact) mass is 311 g/mol. The lowest BCUT2D eigenvalue weighted by Crippen LogP contribution is -2.64. The maximum atomic E-state index is 12.6. The highest BCUT2D eigenvalue weighted by Gasteiger charge is 2.64. The number of likely N-dealkylation sites (N-methyl/N-ethyl adjacent to an activating group) is 1. The quantitative estimate of drug-likeness (QED) is 0.838. The molecule has 23 heavy (non-hydrogen) atoms. The number of carbonyl (C=O) groups excluding carboxylic acids is 1. The van der Waals surface area contributed by atoms with Crippen molar-refractivity contribution in [3.05, 3.63) is 35.4 Å². The highest BCUT2D eigenvalue weighted by atomic mass is 16.5. The summed E-state index contributed by atoms with van der Waals surface area (Å²) < 4.78 is 12.1. The minimum Gasteiger partial charge on any atom is -0.490 e. The van der Waals surface area contributed by atoms with Crippen LogP contribution in [0.25, 0.3) is 0 Å². The SMILES string of the molecule is CCOc1ccc2c3c1O[C@H]1C(=O)C=C[C@H]4[C@@H](C2)N(C)CC[C@]314.